The Morgan fingerprint density at radius 3 is 2.23 bits per heavy atom. The summed E-state index contributed by atoms with van der Waals surface area (Å²) in [4.78, 5) is 12.6. The van der Waals surface area contributed by atoms with E-state index in [9.17, 15) is 21.6 Å². The van der Waals surface area contributed by atoms with Crippen molar-refractivity contribution < 1.29 is 26.4 Å². The van der Waals surface area contributed by atoms with E-state index in [0.717, 1.165) is 6.26 Å². The number of carbonyl (C=O) groups excluding carboxylic acids is 1. The van der Waals surface area contributed by atoms with Gasteiger partial charge >= 0.3 is 0 Å². The van der Waals surface area contributed by atoms with Crippen LogP contribution in [0.1, 0.15) is 15.9 Å². The molecule has 0 aromatic heterocycles. The maximum atomic E-state index is 12.7. The third kappa shape index (κ3) is 5.36. The molecule has 3 rings (SSSR count). The Bertz CT molecular complexity index is 1140. The summed E-state index contributed by atoms with van der Waals surface area (Å²) in [5.41, 5.74) is 1.74. The second kappa shape index (κ2) is 8.72. The summed E-state index contributed by atoms with van der Waals surface area (Å²) in [5, 5.41) is 2.68. The number of amides is 1. The van der Waals surface area contributed by atoms with E-state index in [4.69, 9.17) is 4.74 Å². The topological polar surface area (TPSA) is 122 Å². The molecule has 11 heteroatoms. The minimum absolute atomic E-state index is 0.107. The summed E-state index contributed by atoms with van der Waals surface area (Å²) in [7, 11) is -7.09. The Kier molecular flexibility index (Phi) is 6.46. The molecule has 0 spiro atoms. The van der Waals surface area contributed by atoms with Gasteiger partial charge in [0.05, 0.1) is 30.1 Å². The number of nitrogens with one attached hydrogen (secondary N) is 2. The van der Waals surface area contributed by atoms with E-state index < -0.39 is 26.0 Å². The van der Waals surface area contributed by atoms with Crippen molar-refractivity contribution in [3.05, 3.63) is 53.6 Å². The first-order valence-corrected chi connectivity index (χ1v) is 12.5. The minimum Gasteiger partial charge on any atom is -0.379 e. The van der Waals surface area contributed by atoms with Crippen LogP contribution in [0.3, 0.4) is 0 Å². The fraction of sp³-hybridized carbons (Fsp3) is 0.316. The average Bonchev–Trinajstić information content (AvgIpc) is 2.70. The van der Waals surface area contributed by atoms with Crippen molar-refractivity contribution in [2.45, 2.75) is 11.8 Å². The van der Waals surface area contributed by atoms with Crippen LogP contribution in [0, 0.1) is 6.92 Å². The molecule has 1 fully saturated rings. The van der Waals surface area contributed by atoms with Crippen molar-refractivity contribution in [3.63, 3.8) is 0 Å². The molecule has 1 aliphatic rings. The molecular formula is C19H23N3O6S2. The number of hydrogen-bond donors (Lipinski definition) is 2. The largest absolute Gasteiger partial charge is 0.379 e. The molecule has 1 amide bonds. The molecule has 1 aliphatic heterocycles. The van der Waals surface area contributed by atoms with Gasteiger partial charge < -0.3 is 10.1 Å². The van der Waals surface area contributed by atoms with Crippen molar-refractivity contribution in [2.75, 3.05) is 42.6 Å². The highest BCUT2D eigenvalue weighted by Crippen LogP contribution is 2.22. The third-order valence-electron chi connectivity index (χ3n) is 4.52. The first-order chi connectivity index (χ1) is 14.1. The molecule has 162 valence electrons. The molecular weight excluding hydrogens is 430 g/mol. The lowest BCUT2D eigenvalue weighted by Crippen LogP contribution is -2.40. The summed E-state index contributed by atoms with van der Waals surface area (Å²) >= 11 is 0. The summed E-state index contributed by atoms with van der Waals surface area (Å²) in [6, 6.07) is 10.5. The van der Waals surface area contributed by atoms with Crippen LogP contribution in [-0.4, -0.2) is 59.6 Å². The summed E-state index contributed by atoms with van der Waals surface area (Å²) in [6.07, 6.45) is 1.05. The number of hydrogen-bond acceptors (Lipinski definition) is 6. The Morgan fingerprint density at radius 2 is 1.63 bits per heavy atom. The predicted octanol–water partition coefficient (Wildman–Crippen LogP) is 1.64. The monoisotopic (exact) mass is 453 g/mol. The first-order valence-electron chi connectivity index (χ1n) is 9.14. The molecule has 0 radical (unpaired) electrons. The standard InChI is InChI=1S/C19H23N3O6S2/c1-14-3-6-16(13-18(14)21-29(2,24)25)20-19(23)15-4-7-17(8-5-15)30(26,27)22-9-11-28-12-10-22/h3-8,13,21H,9-12H2,1-2H3,(H,20,23). The van der Waals surface area contributed by atoms with Gasteiger partial charge in [-0.3, -0.25) is 9.52 Å². The second-order valence-electron chi connectivity index (χ2n) is 6.90. The lowest BCUT2D eigenvalue weighted by molar-refractivity contribution is 0.0730. The number of anilines is 2. The van der Waals surface area contributed by atoms with Crippen molar-refractivity contribution in [3.8, 4) is 0 Å². The molecule has 2 aromatic rings. The number of ether oxygens (including phenoxy) is 1. The van der Waals surface area contributed by atoms with E-state index in [2.05, 4.69) is 10.0 Å². The number of nitrogens with zero attached hydrogens (tertiary/aromatic N) is 1. The summed E-state index contributed by atoms with van der Waals surface area (Å²) in [6.45, 7) is 3.04. The van der Waals surface area contributed by atoms with Gasteiger partial charge in [-0.15, -0.1) is 0 Å². The zero-order chi connectivity index (χ0) is 21.9. The highest BCUT2D eigenvalue weighted by Gasteiger charge is 2.26. The zero-order valence-corrected chi connectivity index (χ0v) is 18.2. The van der Waals surface area contributed by atoms with Gasteiger partial charge in [-0.2, -0.15) is 4.31 Å². The van der Waals surface area contributed by atoms with E-state index in [1.807, 2.05) is 0 Å². The fourth-order valence-corrected chi connectivity index (χ4v) is 4.95. The highest BCUT2D eigenvalue weighted by molar-refractivity contribution is 7.92. The van der Waals surface area contributed by atoms with Crippen LogP contribution in [0.2, 0.25) is 0 Å². The maximum absolute atomic E-state index is 12.7. The summed E-state index contributed by atoms with van der Waals surface area (Å²) in [5.74, 6) is -0.445. The number of carbonyl (C=O) groups is 1. The molecule has 0 saturated carbocycles. The maximum Gasteiger partial charge on any atom is 0.255 e. The van der Waals surface area contributed by atoms with Gasteiger partial charge in [-0.1, -0.05) is 6.07 Å². The van der Waals surface area contributed by atoms with Crippen LogP contribution < -0.4 is 10.0 Å². The van der Waals surface area contributed by atoms with E-state index in [-0.39, 0.29) is 10.5 Å². The van der Waals surface area contributed by atoms with E-state index in [0.29, 0.717) is 43.2 Å². The molecule has 0 unspecified atom stereocenters. The van der Waals surface area contributed by atoms with Gasteiger partial charge in [0, 0.05) is 24.3 Å². The number of rotatable bonds is 6. The fourth-order valence-electron chi connectivity index (χ4n) is 2.93. The minimum atomic E-state index is -3.63. The molecule has 0 aliphatic carbocycles. The molecule has 30 heavy (non-hydrogen) atoms. The molecule has 2 N–H and O–H groups in total. The Morgan fingerprint density at radius 1 is 1.00 bits per heavy atom. The van der Waals surface area contributed by atoms with Crippen LogP contribution in [0.25, 0.3) is 0 Å². The molecule has 0 bridgehead atoms. The lowest BCUT2D eigenvalue weighted by Gasteiger charge is -2.26. The molecule has 1 saturated heterocycles. The van der Waals surface area contributed by atoms with Crippen LogP contribution in [-0.2, 0) is 24.8 Å². The van der Waals surface area contributed by atoms with Gasteiger partial charge in [0.1, 0.15) is 0 Å². The summed E-state index contributed by atoms with van der Waals surface area (Å²) < 4.78 is 57.2. The smallest absolute Gasteiger partial charge is 0.255 e. The molecule has 9 nitrogen and oxygen atoms in total. The third-order valence-corrected chi connectivity index (χ3v) is 7.02. The van der Waals surface area contributed by atoms with Gasteiger partial charge in [-0.25, -0.2) is 16.8 Å². The van der Waals surface area contributed by atoms with Crippen LogP contribution >= 0.6 is 0 Å². The Balaban J connectivity index is 1.74. The first kappa shape index (κ1) is 22.2. The Labute approximate surface area is 176 Å². The van der Waals surface area contributed by atoms with Crippen molar-refractivity contribution in [1.29, 1.82) is 0 Å². The predicted molar refractivity (Wildman–Crippen MR) is 114 cm³/mol. The normalized spacial score (nSPS) is 15.5. The SMILES string of the molecule is Cc1ccc(NC(=O)c2ccc(S(=O)(=O)N3CCOCC3)cc2)cc1NS(C)(=O)=O. The van der Waals surface area contributed by atoms with Crippen LogP contribution in [0.15, 0.2) is 47.4 Å². The van der Waals surface area contributed by atoms with Gasteiger partial charge in [0.15, 0.2) is 0 Å². The van der Waals surface area contributed by atoms with Crippen molar-refractivity contribution in [2.24, 2.45) is 0 Å². The number of morpholine rings is 1. The van der Waals surface area contributed by atoms with Crippen LogP contribution in [0.4, 0.5) is 11.4 Å². The zero-order valence-electron chi connectivity index (χ0n) is 16.6. The van der Waals surface area contributed by atoms with Gasteiger partial charge in [0.2, 0.25) is 20.0 Å². The van der Waals surface area contributed by atoms with E-state index >= 15 is 0 Å². The van der Waals surface area contributed by atoms with Gasteiger partial charge in [0.25, 0.3) is 5.91 Å². The Hall–Kier alpha value is -2.47. The van der Waals surface area contributed by atoms with Gasteiger partial charge in [-0.05, 0) is 48.9 Å². The van der Waals surface area contributed by atoms with Crippen LogP contribution in [0.5, 0.6) is 0 Å². The molecule has 2 aromatic carbocycles. The number of aryl methyl sites for hydroxylation is 1. The second-order valence-corrected chi connectivity index (χ2v) is 10.6. The number of benzene rings is 2. The average molecular weight is 454 g/mol. The molecule has 1 heterocycles. The van der Waals surface area contributed by atoms with E-state index in [1.165, 1.54) is 34.6 Å². The lowest BCUT2D eigenvalue weighted by atomic mass is 10.1. The molecule has 0 atom stereocenters. The number of sulfonamides is 2. The van der Waals surface area contributed by atoms with Crippen molar-refractivity contribution in [1.82, 2.24) is 4.31 Å². The quantitative estimate of drug-likeness (QED) is 0.686. The highest BCUT2D eigenvalue weighted by atomic mass is 32.2. The van der Waals surface area contributed by atoms with Crippen molar-refractivity contribution >= 4 is 37.3 Å². The van der Waals surface area contributed by atoms with E-state index in [1.54, 1.807) is 19.1 Å².